The molecule has 0 radical (unpaired) electrons. The molecule has 0 bridgehead atoms. The zero-order chi connectivity index (χ0) is 16.8. The van der Waals surface area contributed by atoms with Gasteiger partial charge in [0.1, 0.15) is 0 Å². The van der Waals surface area contributed by atoms with Crippen molar-refractivity contribution in [2.45, 2.75) is 51.5 Å². The summed E-state index contributed by atoms with van der Waals surface area (Å²) in [6, 6.07) is 2.15. The smallest absolute Gasteiger partial charge is 0.259 e. The molecule has 0 spiro atoms. The first kappa shape index (κ1) is 18.1. The number of hydrogen-bond acceptors (Lipinski definition) is 5. The predicted molar refractivity (Wildman–Crippen MR) is 98.0 cm³/mol. The van der Waals surface area contributed by atoms with Crippen molar-refractivity contribution in [3.8, 4) is 0 Å². The topological polar surface area (TPSA) is 85.2 Å². The molecule has 1 amide bonds. The molecule has 2 aromatic rings. The monoisotopic (exact) mass is 364 g/mol. The van der Waals surface area contributed by atoms with E-state index in [9.17, 15) is 4.79 Å². The van der Waals surface area contributed by atoms with Crippen molar-refractivity contribution in [2.24, 2.45) is 11.7 Å². The molecular weight excluding hydrogens is 340 g/mol. The van der Waals surface area contributed by atoms with Gasteiger partial charge in [0.15, 0.2) is 0 Å². The number of nitrogens with two attached hydrogens (primary N) is 1. The number of aromatic nitrogens is 2. The number of carbonyl (C=O) groups excluding carboxylic acids is 1. The van der Waals surface area contributed by atoms with Crippen LogP contribution in [-0.2, 0) is 0 Å². The minimum absolute atomic E-state index is 0. The van der Waals surface area contributed by atoms with E-state index in [-0.39, 0.29) is 24.4 Å². The van der Waals surface area contributed by atoms with Crippen molar-refractivity contribution < 1.29 is 9.32 Å². The zero-order valence-corrected chi connectivity index (χ0v) is 15.5. The first-order valence-corrected chi connectivity index (χ1v) is 8.86. The molecule has 1 unspecified atom stereocenters. The Morgan fingerprint density at radius 1 is 1.32 bits per heavy atom. The number of fused-ring (bicyclic) bond motifs is 1. The van der Waals surface area contributed by atoms with Crippen LogP contribution >= 0.6 is 12.4 Å². The van der Waals surface area contributed by atoms with E-state index >= 15 is 0 Å². The van der Waals surface area contributed by atoms with E-state index in [1.807, 2.05) is 17.9 Å². The second-order valence-electron chi connectivity index (χ2n) is 7.31. The van der Waals surface area contributed by atoms with Crippen molar-refractivity contribution in [3.05, 3.63) is 23.0 Å². The van der Waals surface area contributed by atoms with Gasteiger partial charge in [0.25, 0.3) is 11.6 Å². The van der Waals surface area contributed by atoms with Crippen LogP contribution < -0.4 is 5.73 Å². The Labute approximate surface area is 153 Å². The number of amides is 1. The van der Waals surface area contributed by atoms with Crippen molar-refractivity contribution in [2.75, 3.05) is 13.1 Å². The Hall–Kier alpha value is -1.66. The molecule has 1 atom stereocenters. The molecule has 25 heavy (non-hydrogen) atoms. The second kappa shape index (κ2) is 6.92. The summed E-state index contributed by atoms with van der Waals surface area (Å²) in [5, 5.41) is 4.78. The molecule has 3 heterocycles. The number of rotatable bonds is 3. The van der Waals surface area contributed by atoms with Crippen LogP contribution in [0.1, 0.15) is 60.3 Å². The van der Waals surface area contributed by atoms with Crippen LogP contribution in [0, 0.1) is 12.8 Å². The Kier molecular flexibility index (Phi) is 5.02. The highest BCUT2D eigenvalue weighted by Gasteiger charge is 2.31. The molecule has 2 N–H and O–H groups in total. The minimum Gasteiger partial charge on any atom is -0.339 e. The number of likely N-dealkylation sites (tertiary alicyclic amines) is 1. The lowest BCUT2D eigenvalue weighted by molar-refractivity contribution is 0.0682. The fourth-order valence-electron chi connectivity index (χ4n) is 3.67. The first-order valence-electron chi connectivity index (χ1n) is 8.86. The fourth-order valence-corrected chi connectivity index (χ4v) is 3.67. The van der Waals surface area contributed by atoms with Crippen molar-refractivity contribution in [1.82, 2.24) is 15.0 Å². The number of halogens is 1. The average Bonchev–Trinajstić information content (AvgIpc) is 3.37. The van der Waals surface area contributed by atoms with E-state index in [2.05, 4.69) is 17.1 Å². The second-order valence-corrected chi connectivity index (χ2v) is 7.31. The molecule has 2 aromatic heterocycles. The van der Waals surface area contributed by atoms with Gasteiger partial charge in [-0.3, -0.25) is 4.79 Å². The van der Waals surface area contributed by atoms with Gasteiger partial charge < -0.3 is 15.2 Å². The van der Waals surface area contributed by atoms with E-state index < -0.39 is 0 Å². The largest absolute Gasteiger partial charge is 0.339 e. The molecule has 4 rings (SSSR count). The molecule has 7 heteroatoms. The van der Waals surface area contributed by atoms with Crippen LogP contribution in [0.15, 0.2) is 10.6 Å². The SMILES string of the molecule is Cc1noc2nc(C3CC3)cc(C(=O)N3CCC(C(C)N)CC3)c12.Cl. The van der Waals surface area contributed by atoms with Gasteiger partial charge >= 0.3 is 0 Å². The average molecular weight is 365 g/mol. The van der Waals surface area contributed by atoms with Gasteiger partial charge in [-0.25, -0.2) is 4.98 Å². The van der Waals surface area contributed by atoms with Crippen molar-refractivity contribution in [1.29, 1.82) is 0 Å². The molecule has 6 nitrogen and oxygen atoms in total. The third-order valence-corrected chi connectivity index (χ3v) is 5.43. The third kappa shape index (κ3) is 3.37. The van der Waals surface area contributed by atoms with E-state index in [0.29, 0.717) is 23.1 Å². The number of nitrogens with zero attached hydrogens (tertiary/aromatic N) is 3. The highest BCUT2D eigenvalue weighted by Crippen LogP contribution is 2.40. The maximum Gasteiger partial charge on any atom is 0.259 e. The van der Waals surface area contributed by atoms with Crippen LogP contribution in [-0.4, -0.2) is 40.1 Å². The first-order chi connectivity index (χ1) is 11.5. The molecule has 136 valence electrons. The Morgan fingerprint density at radius 2 is 2.00 bits per heavy atom. The highest BCUT2D eigenvalue weighted by atomic mass is 35.5. The van der Waals surface area contributed by atoms with Gasteiger partial charge in [-0.05, 0) is 51.5 Å². The molecule has 1 saturated heterocycles. The molecule has 0 aromatic carbocycles. The Bertz CT molecular complexity index is 777. The summed E-state index contributed by atoms with van der Waals surface area (Å²) >= 11 is 0. The van der Waals surface area contributed by atoms with E-state index in [4.69, 9.17) is 10.3 Å². The van der Waals surface area contributed by atoms with Crippen LogP contribution in [0.2, 0.25) is 0 Å². The van der Waals surface area contributed by atoms with Gasteiger partial charge in [-0.1, -0.05) is 5.16 Å². The van der Waals surface area contributed by atoms with E-state index in [1.54, 1.807) is 0 Å². The van der Waals surface area contributed by atoms with Crippen LogP contribution in [0.5, 0.6) is 0 Å². The summed E-state index contributed by atoms with van der Waals surface area (Å²) in [6.45, 7) is 5.44. The summed E-state index contributed by atoms with van der Waals surface area (Å²) in [5.74, 6) is 1.04. The summed E-state index contributed by atoms with van der Waals surface area (Å²) in [4.78, 5) is 19.6. The lowest BCUT2D eigenvalue weighted by Gasteiger charge is -2.33. The summed E-state index contributed by atoms with van der Waals surface area (Å²) in [6.07, 6.45) is 4.21. The van der Waals surface area contributed by atoms with Gasteiger partial charge in [-0.15, -0.1) is 12.4 Å². The van der Waals surface area contributed by atoms with Gasteiger partial charge in [-0.2, -0.15) is 0 Å². The molecule has 2 aliphatic rings. The third-order valence-electron chi connectivity index (χ3n) is 5.43. The minimum atomic E-state index is 0. The number of piperidine rings is 1. The molecule has 1 aliphatic carbocycles. The van der Waals surface area contributed by atoms with Crippen LogP contribution in [0.25, 0.3) is 11.1 Å². The predicted octanol–water partition coefficient (Wildman–Crippen LogP) is 3.03. The fraction of sp³-hybridized carbons (Fsp3) is 0.611. The summed E-state index contributed by atoms with van der Waals surface area (Å²) < 4.78 is 5.35. The van der Waals surface area contributed by atoms with Crippen molar-refractivity contribution in [3.63, 3.8) is 0 Å². The maximum absolute atomic E-state index is 13.1. The van der Waals surface area contributed by atoms with E-state index in [0.717, 1.165) is 55.5 Å². The number of carbonyl (C=O) groups is 1. The maximum atomic E-state index is 13.1. The van der Waals surface area contributed by atoms with E-state index in [1.165, 1.54) is 0 Å². The standard InChI is InChI=1S/C18H24N4O2.ClH/c1-10(19)12-5-7-22(8-6-12)18(23)14-9-15(13-3-4-13)20-17-16(14)11(2)21-24-17;/h9-10,12-13H,3-8,19H2,1-2H3;1H. The molecule has 1 aliphatic heterocycles. The number of hydrogen-bond donors (Lipinski definition) is 1. The lowest BCUT2D eigenvalue weighted by atomic mass is 9.90. The van der Waals surface area contributed by atoms with Crippen LogP contribution in [0.4, 0.5) is 0 Å². The quantitative estimate of drug-likeness (QED) is 0.904. The van der Waals surface area contributed by atoms with Gasteiger partial charge in [0, 0.05) is 30.7 Å². The molecule has 2 fully saturated rings. The van der Waals surface area contributed by atoms with Crippen LogP contribution in [0.3, 0.4) is 0 Å². The van der Waals surface area contributed by atoms with Crippen molar-refractivity contribution >= 4 is 29.4 Å². The van der Waals surface area contributed by atoms with Gasteiger partial charge in [0.05, 0.1) is 16.6 Å². The summed E-state index contributed by atoms with van der Waals surface area (Å²) in [5.41, 5.74) is 8.89. The zero-order valence-electron chi connectivity index (χ0n) is 14.7. The lowest BCUT2D eigenvalue weighted by Crippen LogP contribution is -2.42. The normalized spacial score (nSPS) is 19.7. The highest BCUT2D eigenvalue weighted by molar-refractivity contribution is 6.06. The van der Waals surface area contributed by atoms with Gasteiger partial charge in [0.2, 0.25) is 0 Å². The summed E-state index contributed by atoms with van der Waals surface area (Å²) in [7, 11) is 0. The Morgan fingerprint density at radius 3 is 2.60 bits per heavy atom. The number of pyridine rings is 1. The Balaban J connectivity index is 0.00000182. The number of aryl methyl sites for hydroxylation is 1. The molecule has 1 saturated carbocycles. The molecular formula is C18H25ClN4O2.